The Labute approximate surface area is 251 Å². The topological polar surface area (TPSA) is 106 Å². The normalized spacial score (nSPS) is 18.5. The van der Waals surface area contributed by atoms with E-state index in [1.54, 1.807) is 23.0 Å². The van der Waals surface area contributed by atoms with Gasteiger partial charge in [0, 0.05) is 36.3 Å². The van der Waals surface area contributed by atoms with Crippen LogP contribution >= 0.6 is 23.5 Å². The molecule has 1 aliphatic heterocycles. The van der Waals surface area contributed by atoms with Gasteiger partial charge < -0.3 is 15.4 Å². The Morgan fingerprint density at radius 3 is 2.78 bits per heavy atom. The Kier molecular flexibility index (Phi) is 10.1. The van der Waals surface area contributed by atoms with Crippen LogP contribution in [0.3, 0.4) is 0 Å². The van der Waals surface area contributed by atoms with E-state index in [2.05, 4.69) is 44.3 Å². The van der Waals surface area contributed by atoms with E-state index in [9.17, 15) is 4.79 Å². The lowest BCUT2D eigenvalue weighted by atomic mass is 9.94. The van der Waals surface area contributed by atoms with Crippen molar-refractivity contribution in [2.75, 3.05) is 25.0 Å². The molecule has 3 N–H and O–H groups in total. The number of pyridine rings is 2. The van der Waals surface area contributed by atoms with Crippen LogP contribution < -0.4 is 20.1 Å². The summed E-state index contributed by atoms with van der Waals surface area (Å²) in [5.41, 5.74) is 0.534. The van der Waals surface area contributed by atoms with Crippen molar-refractivity contribution in [3.63, 3.8) is 0 Å². The first kappa shape index (κ1) is 29.7. The number of halogens is 1. The zero-order valence-electron chi connectivity index (χ0n) is 23.9. The van der Waals surface area contributed by atoms with Gasteiger partial charge in [-0.15, -0.1) is 5.10 Å². The molecule has 0 aromatic carbocycles. The third-order valence-electron chi connectivity index (χ3n) is 7.86. The second-order valence-electron chi connectivity index (χ2n) is 11.7. The quantitative estimate of drug-likeness (QED) is 0.120. The van der Waals surface area contributed by atoms with E-state index >= 15 is 0 Å². The number of hydrogen-bond acceptors (Lipinski definition) is 8. The van der Waals surface area contributed by atoms with Crippen molar-refractivity contribution in [1.82, 2.24) is 29.8 Å². The molecule has 0 spiro atoms. The van der Waals surface area contributed by atoms with Crippen molar-refractivity contribution in [2.24, 2.45) is 11.8 Å². The summed E-state index contributed by atoms with van der Waals surface area (Å²) in [5, 5.41) is 12.2. The fourth-order valence-corrected chi connectivity index (χ4v) is 6.52. The van der Waals surface area contributed by atoms with Crippen LogP contribution in [0.25, 0.3) is 5.82 Å². The maximum Gasteiger partial charge on any atom is 0.264 e. The van der Waals surface area contributed by atoms with Crippen molar-refractivity contribution in [3.05, 3.63) is 53.3 Å². The molecule has 1 saturated heterocycles. The maximum atomic E-state index is 12.8. The summed E-state index contributed by atoms with van der Waals surface area (Å²) in [6, 6.07) is 10.9. The number of anilines is 1. The smallest absolute Gasteiger partial charge is 0.264 e. The molecule has 9 nitrogen and oxygen atoms in total. The number of amides is 1. The summed E-state index contributed by atoms with van der Waals surface area (Å²) in [6.07, 6.45) is 11.6. The highest BCUT2D eigenvalue weighted by molar-refractivity contribution is 7.97. The van der Waals surface area contributed by atoms with Crippen molar-refractivity contribution in [1.29, 1.82) is 0 Å². The maximum absolute atomic E-state index is 12.8. The largest absolute Gasteiger partial charge is 0.477 e. The van der Waals surface area contributed by atoms with E-state index in [0.29, 0.717) is 23.3 Å². The molecule has 4 heterocycles. The van der Waals surface area contributed by atoms with Crippen LogP contribution in [0.5, 0.6) is 5.88 Å². The predicted molar refractivity (Wildman–Crippen MR) is 164 cm³/mol. The van der Waals surface area contributed by atoms with Gasteiger partial charge in [0.1, 0.15) is 16.0 Å². The second kappa shape index (κ2) is 13.9. The van der Waals surface area contributed by atoms with Crippen LogP contribution in [0.15, 0.2) is 47.6 Å². The Hall–Kier alpha value is -2.82. The molecule has 1 amide bonds. The number of carbonyl (C=O) groups is 1. The van der Waals surface area contributed by atoms with Crippen LogP contribution in [-0.4, -0.2) is 50.9 Å². The Morgan fingerprint density at radius 2 is 2.00 bits per heavy atom. The number of nitrogens with one attached hydrogen (secondary N) is 3. The summed E-state index contributed by atoms with van der Waals surface area (Å²) < 4.78 is 10.2. The van der Waals surface area contributed by atoms with Crippen LogP contribution in [0.4, 0.5) is 5.82 Å². The Bertz CT molecular complexity index is 1310. The highest BCUT2D eigenvalue weighted by Crippen LogP contribution is 2.28. The lowest BCUT2D eigenvalue weighted by Gasteiger charge is -2.17. The van der Waals surface area contributed by atoms with E-state index in [-0.39, 0.29) is 22.2 Å². The van der Waals surface area contributed by atoms with Gasteiger partial charge in [0.05, 0.1) is 12.2 Å². The predicted octanol–water partition coefficient (Wildman–Crippen LogP) is 6.29. The zero-order chi connectivity index (χ0) is 28.7. The number of aromatic nitrogens is 4. The first-order valence-corrected chi connectivity index (χ1v) is 15.8. The highest BCUT2D eigenvalue weighted by atomic mass is 35.5. The molecule has 5 rings (SSSR count). The van der Waals surface area contributed by atoms with Crippen LogP contribution in [0.1, 0.15) is 75.6 Å². The summed E-state index contributed by atoms with van der Waals surface area (Å²) in [5.74, 6) is 3.02. The van der Waals surface area contributed by atoms with Crippen LogP contribution in [0, 0.1) is 11.8 Å². The van der Waals surface area contributed by atoms with Crippen LogP contribution in [-0.2, 0) is 0 Å². The molecule has 3 aromatic heterocycles. The molecule has 1 atom stereocenters. The zero-order valence-corrected chi connectivity index (χ0v) is 25.4. The van der Waals surface area contributed by atoms with Crippen molar-refractivity contribution < 1.29 is 9.53 Å². The molecule has 2 fully saturated rings. The number of hydrogen-bond donors (Lipinski definition) is 3. The average molecular weight is 598 g/mol. The fourth-order valence-electron chi connectivity index (χ4n) is 5.68. The third-order valence-corrected chi connectivity index (χ3v) is 8.88. The number of carbonyl (C=O) groups excluding carboxylic acids is 1. The molecule has 0 unspecified atom stereocenters. The van der Waals surface area contributed by atoms with Gasteiger partial charge in [-0.3, -0.25) is 9.52 Å². The van der Waals surface area contributed by atoms with Crippen molar-refractivity contribution in [3.8, 4) is 11.7 Å². The Balaban J connectivity index is 1.07. The van der Waals surface area contributed by atoms with Crippen molar-refractivity contribution in [2.45, 2.75) is 75.8 Å². The summed E-state index contributed by atoms with van der Waals surface area (Å²) in [7, 11) is 0. The number of nitrogens with zero attached hydrogens (tertiary/aromatic N) is 4. The van der Waals surface area contributed by atoms with Gasteiger partial charge in [-0.05, 0) is 82.2 Å². The van der Waals surface area contributed by atoms with E-state index < -0.39 is 0 Å². The van der Waals surface area contributed by atoms with E-state index in [1.165, 1.54) is 38.5 Å². The molecule has 41 heavy (non-hydrogen) atoms. The highest BCUT2D eigenvalue weighted by Gasteiger charge is 2.29. The first-order valence-electron chi connectivity index (χ1n) is 14.6. The minimum Gasteiger partial charge on any atom is -0.477 e. The molecule has 1 aliphatic carbocycles. The molecule has 11 heteroatoms. The SMILES string of the molecule is CC1(C)C[C@@H](CCCNc2cccc(SNC(=O)c3ccc(-n4ccc(OCCC5CCCC5)n4)nc3Cl)n2)CN1. The van der Waals surface area contributed by atoms with Gasteiger partial charge in [0.15, 0.2) is 5.82 Å². The Morgan fingerprint density at radius 1 is 1.15 bits per heavy atom. The lowest BCUT2D eigenvalue weighted by molar-refractivity contribution is 0.0984. The number of rotatable bonds is 13. The van der Waals surface area contributed by atoms with Gasteiger partial charge >= 0.3 is 0 Å². The summed E-state index contributed by atoms with van der Waals surface area (Å²) in [4.78, 5) is 21.8. The van der Waals surface area contributed by atoms with Crippen molar-refractivity contribution >= 4 is 35.3 Å². The summed E-state index contributed by atoms with van der Waals surface area (Å²) in [6.45, 7) is 7.15. The molecule has 0 bridgehead atoms. The molecule has 3 aromatic rings. The van der Waals surface area contributed by atoms with E-state index in [0.717, 1.165) is 55.5 Å². The molecule has 1 saturated carbocycles. The monoisotopic (exact) mass is 597 g/mol. The molecular formula is C30H40ClN7O2S. The standard InChI is InChI=1S/C30H40ClN7O2S/c1-30(2)19-22(20-33-30)9-6-16-32-24-10-5-11-27(34-24)41-37-29(39)23-12-13-25(35-28(23)31)38-17-14-26(36-38)40-18-15-21-7-3-4-8-21/h5,10-14,17,21-22,33H,3-4,6-9,15-16,18-20H2,1-2H3,(H,32,34)(H,37,39)/t22-/m1/s1. The number of ether oxygens (including phenoxy) is 1. The van der Waals surface area contributed by atoms with E-state index in [1.807, 2.05) is 24.3 Å². The third kappa shape index (κ3) is 8.59. The van der Waals surface area contributed by atoms with Crippen LogP contribution in [0.2, 0.25) is 5.15 Å². The lowest BCUT2D eigenvalue weighted by Crippen LogP contribution is -2.31. The van der Waals surface area contributed by atoms with Gasteiger partial charge in [-0.2, -0.15) is 0 Å². The average Bonchev–Trinajstić information content (AvgIpc) is 3.72. The van der Waals surface area contributed by atoms with Gasteiger partial charge in [0.2, 0.25) is 5.88 Å². The molecule has 2 aliphatic rings. The molecule has 0 radical (unpaired) electrons. The van der Waals surface area contributed by atoms with Gasteiger partial charge in [0.25, 0.3) is 5.91 Å². The second-order valence-corrected chi connectivity index (χ2v) is 12.9. The minimum absolute atomic E-state index is 0.101. The minimum atomic E-state index is -0.344. The molecule has 220 valence electrons. The molecular weight excluding hydrogens is 558 g/mol. The first-order chi connectivity index (χ1) is 19.8. The van der Waals surface area contributed by atoms with Gasteiger partial charge in [-0.25, -0.2) is 14.6 Å². The summed E-state index contributed by atoms with van der Waals surface area (Å²) >= 11 is 7.54. The van der Waals surface area contributed by atoms with E-state index in [4.69, 9.17) is 16.3 Å². The fraction of sp³-hybridized carbons (Fsp3) is 0.533. The van der Waals surface area contributed by atoms with Gasteiger partial charge in [-0.1, -0.05) is 43.4 Å².